The van der Waals surface area contributed by atoms with Crippen molar-refractivity contribution in [2.24, 2.45) is 0 Å². The number of rotatable bonds is 5. The van der Waals surface area contributed by atoms with E-state index in [9.17, 15) is 20.2 Å². The van der Waals surface area contributed by atoms with Gasteiger partial charge in [-0.05, 0) is 47.5 Å². The van der Waals surface area contributed by atoms with Crippen LogP contribution in [-0.4, -0.2) is 63.8 Å². The van der Waals surface area contributed by atoms with Gasteiger partial charge in [0.2, 0.25) is 10.6 Å². The van der Waals surface area contributed by atoms with Crippen molar-refractivity contribution in [1.82, 2.24) is 39.9 Å². The van der Waals surface area contributed by atoms with E-state index in [4.69, 9.17) is 58.0 Å². The van der Waals surface area contributed by atoms with E-state index in [0.29, 0.717) is 27.3 Å². The first-order valence-corrected chi connectivity index (χ1v) is 14.5. The van der Waals surface area contributed by atoms with Gasteiger partial charge < -0.3 is 10.2 Å². The third kappa shape index (κ3) is 8.30. The Bertz CT molecular complexity index is 2110. The molecule has 0 fully saturated rings. The van der Waals surface area contributed by atoms with Crippen LogP contribution in [0.15, 0.2) is 61.4 Å². The summed E-state index contributed by atoms with van der Waals surface area (Å²) in [5, 5.41) is 26.0. The monoisotopic (exact) mass is 736 g/mol. The molecule has 0 atom stereocenters. The number of nitrogens with one attached hydrogen (secondary N) is 1. The van der Waals surface area contributed by atoms with Crippen molar-refractivity contribution in [1.29, 1.82) is 0 Å². The van der Waals surface area contributed by atoms with Crippen LogP contribution in [0.1, 0.15) is 0 Å². The van der Waals surface area contributed by atoms with Gasteiger partial charge in [0.1, 0.15) is 16.4 Å². The summed E-state index contributed by atoms with van der Waals surface area (Å²) in [7, 11) is 3.22. The lowest BCUT2D eigenvalue weighted by Gasteiger charge is -2.19. The first-order chi connectivity index (χ1) is 22.4. The summed E-state index contributed by atoms with van der Waals surface area (Å²) in [6, 6.07) is 6.51. The van der Waals surface area contributed by atoms with Crippen molar-refractivity contribution in [2.45, 2.75) is 0 Å². The second kappa shape index (κ2) is 15.6. The summed E-state index contributed by atoms with van der Waals surface area (Å²) in [5.41, 5.74) is 1.89. The molecule has 0 aliphatic rings. The maximum atomic E-state index is 11.5. The van der Waals surface area contributed by atoms with Crippen molar-refractivity contribution in [3.63, 3.8) is 0 Å². The van der Waals surface area contributed by atoms with E-state index < -0.39 is 9.85 Å². The van der Waals surface area contributed by atoms with Crippen molar-refractivity contribution in [2.75, 3.05) is 24.3 Å². The van der Waals surface area contributed by atoms with Gasteiger partial charge in [-0.15, -0.1) is 0 Å². The van der Waals surface area contributed by atoms with Gasteiger partial charge in [-0.2, -0.15) is 4.98 Å². The molecule has 0 spiro atoms. The number of hydrogen-bond acceptors (Lipinski definition) is 14. The lowest BCUT2D eigenvalue weighted by molar-refractivity contribution is -0.382. The van der Waals surface area contributed by atoms with Crippen molar-refractivity contribution >= 4 is 109 Å². The number of aromatic nitrogens is 8. The number of fused-ring (bicyclic) bond motifs is 2. The number of benzene rings is 2. The maximum Gasteiger partial charge on any atom is 0.320 e. The second-order valence-corrected chi connectivity index (χ2v) is 10.5. The van der Waals surface area contributed by atoms with Crippen LogP contribution in [0, 0.1) is 20.2 Å². The highest BCUT2D eigenvalue weighted by molar-refractivity contribution is 6.41. The highest BCUT2D eigenvalue weighted by Gasteiger charge is 2.25. The number of halogens is 5. The largest absolute Gasteiger partial charge is 0.382 e. The van der Waals surface area contributed by atoms with Crippen LogP contribution >= 0.6 is 58.0 Å². The molecule has 0 radical (unpaired) electrons. The Morgan fingerprint density at radius 1 is 0.681 bits per heavy atom. The molecule has 0 amide bonds. The lowest BCUT2D eigenvalue weighted by atomic mass is 10.2. The Hall–Kier alpha value is -4.87. The van der Waals surface area contributed by atoms with E-state index >= 15 is 0 Å². The zero-order chi connectivity index (χ0) is 34.2. The minimum Gasteiger partial charge on any atom is -0.382 e. The predicted molar refractivity (Wildman–Crippen MR) is 179 cm³/mol. The third-order valence-electron chi connectivity index (χ3n) is 5.89. The van der Waals surface area contributed by atoms with E-state index in [-0.39, 0.29) is 49.1 Å². The predicted octanol–water partition coefficient (Wildman–Crippen LogP) is 7.42. The molecular weight excluding hydrogens is 722 g/mol. The number of nitro groups is 2. The Morgan fingerprint density at radius 3 is 1.72 bits per heavy atom. The lowest BCUT2D eigenvalue weighted by Crippen LogP contribution is -2.14. The topological polar surface area (TPSA) is 205 Å². The number of nitrogens with zero attached hydrogens (tertiary/aromatic N) is 11. The van der Waals surface area contributed by atoms with E-state index in [0.717, 1.165) is 0 Å². The molecule has 0 bridgehead atoms. The number of anilines is 3. The van der Waals surface area contributed by atoms with Gasteiger partial charge in [0.25, 0.3) is 0 Å². The van der Waals surface area contributed by atoms with E-state index in [2.05, 4.69) is 45.2 Å². The van der Waals surface area contributed by atoms with Crippen molar-refractivity contribution < 1.29 is 9.85 Å². The average Bonchev–Trinajstić information content (AvgIpc) is 3.06. The molecule has 0 saturated carbocycles. The average molecular weight is 739 g/mol. The molecule has 240 valence electrons. The van der Waals surface area contributed by atoms with E-state index in [1.54, 1.807) is 38.4 Å². The zero-order valence-electron chi connectivity index (χ0n) is 23.7. The summed E-state index contributed by atoms with van der Waals surface area (Å²) in [5.74, 6) is 0.248. The molecule has 0 aliphatic carbocycles. The highest BCUT2D eigenvalue weighted by Crippen LogP contribution is 2.38. The molecule has 4 aromatic heterocycles. The quantitative estimate of drug-likeness (QED) is 0.0791. The summed E-state index contributed by atoms with van der Waals surface area (Å²) >= 11 is 28.1. The number of hydrogen-bond donors (Lipinski definition) is 1. The van der Waals surface area contributed by atoms with Crippen molar-refractivity contribution in [3.8, 4) is 0 Å². The van der Waals surface area contributed by atoms with E-state index in [1.807, 2.05) is 0 Å². The van der Waals surface area contributed by atoms with Gasteiger partial charge in [-0.25, -0.2) is 24.9 Å². The summed E-state index contributed by atoms with van der Waals surface area (Å²) in [6.45, 7) is 0. The molecule has 2 aromatic carbocycles. The first-order valence-electron chi connectivity index (χ1n) is 12.6. The molecule has 1 N–H and O–H groups in total. The highest BCUT2D eigenvalue weighted by atomic mass is 35.5. The number of nitro benzene ring substituents is 2. The van der Waals surface area contributed by atoms with Gasteiger partial charge in [-0.3, -0.25) is 30.2 Å². The first kappa shape index (κ1) is 35.0. The van der Waals surface area contributed by atoms with Crippen molar-refractivity contribution in [3.05, 3.63) is 107 Å². The van der Waals surface area contributed by atoms with Crippen LogP contribution in [0.25, 0.3) is 22.1 Å². The fraction of sp³-hybridized carbons (Fsp3) is 0.0769. The molecule has 6 rings (SSSR count). The fourth-order valence-corrected chi connectivity index (χ4v) is 4.63. The molecule has 16 nitrogen and oxygen atoms in total. The van der Waals surface area contributed by atoms with Crippen LogP contribution in [0.4, 0.5) is 28.6 Å². The maximum absolute atomic E-state index is 11.5. The molecule has 6 aromatic rings. The Labute approximate surface area is 289 Å². The van der Waals surface area contributed by atoms with Gasteiger partial charge in [0.05, 0.1) is 38.3 Å². The third-order valence-corrected chi connectivity index (χ3v) is 7.18. The Morgan fingerprint density at radius 2 is 1.19 bits per heavy atom. The van der Waals surface area contributed by atoms with Crippen LogP contribution in [0.5, 0.6) is 0 Å². The summed E-state index contributed by atoms with van der Waals surface area (Å²) in [4.78, 5) is 53.9. The van der Waals surface area contributed by atoms with Gasteiger partial charge >= 0.3 is 11.4 Å². The standard InChI is InChI=1S/C13H8Cl2N6O2.C9H8N4O2.C4HCl3N2/c1-20(12-7(14)6-18-13(15)19-12)9-3-2-8-10(11(9)21(22)23)17-5-4-16-8;1-10-7-3-2-6-8(9(7)13(14)15)12-5-4-11-6;5-2-1-8-4(7)9-3(2)6/h2-6H,1H3;2-5,10H,1H3;1H. The van der Waals surface area contributed by atoms with Gasteiger partial charge in [0, 0.05) is 38.9 Å². The SMILES string of the molecule is CN(c1ccc2nccnc2c1[N+](=O)[O-])c1nc(Cl)ncc1Cl.CNc1ccc2nccnc2c1[N+](=O)[O-].Clc1ncc(Cl)c(Cl)n1. The van der Waals surface area contributed by atoms with Crippen LogP contribution in [0.3, 0.4) is 0 Å². The van der Waals surface area contributed by atoms with E-state index in [1.165, 1.54) is 42.1 Å². The molecule has 0 aliphatic heterocycles. The van der Waals surface area contributed by atoms with Crippen LogP contribution in [-0.2, 0) is 0 Å². The molecule has 21 heteroatoms. The summed E-state index contributed by atoms with van der Waals surface area (Å²) in [6.07, 6.45) is 8.48. The fourth-order valence-electron chi connectivity index (χ4n) is 3.88. The van der Waals surface area contributed by atoms with Gasteiger partial charge in [0.15, 0.2) is 22.0 Å². The molecule has 0 saturated heterocycles. The van der Waals surface area contributed by atoms with Crippen LogP contribution in [0.2, 0.25) is 25.8 Å². The minimum absolute atomic E-state index is 0.0144. The Kier molecular flexibility index (Phi) is 11.6. The minimum atomic E-state index is -0.514. The second-order valence-electron chi connectivity index (χ2n) is 8.65. The molecule has 0 unspecified atom stereocenters. The smallest absolute Gasteiger partial charge is 0.320 e. The zero-order valence-corrected chi connectivity index (χ0v) is 27.5. The molecule has 4 heterocycles. The van der Waals surface area contributed by atoms with Gasteiger partial charge in [-0.1, -0.05) is 34.8 Å². The Balaban J connectivity index is 0.000000178. The van der Waals surface area contributed by atoms with Crippen LogP contribution < -0.4 is 10.2 Å². The molecule has 47 heavy (non-hydrogen) atoms. The molecular formula is C26H17Cl5N12O4. The normalized spacial score (nSPS) is 10.4. The summed E-state index contributed by atoms with van der Waals surface area (Å²) < 4.78 is 0.